The van der Waals surface area contributed by atoms with Crippen molar-refractivity contribution in [2.75, 3.05) is 32.7 Å². The van der Waals surface area contributed by atoms with Crippen molar-refractivity contribution in [2.24, 2.45) is 0 Å². The third kappa shape index (κ3) is 4.76. The number of halogens is 2. The second-order valence-electron chi connectivity index (χ2n) is 7.16. The Morgan fingerprint density at radius 1 is 0.857 bits per heavy atom. The van der Waals surface area contributed by atoms with Gasteiger partial charge in [0, 0.05) is 73.8 Å². The van der Waals surface area contributed by atoms with Crippen LogP contribution in [0.25, 0.3) is 11.4 Å². The molecule has 2 heterocycles. The summed E-state index contributed by atoms with van der Waals surface area (Å²) in [5.41, 5.74) is 2.31. The molecule has 4 rings (SSSR count). The number of piperazine rings is 1. The summed E-state index contributed by atoms with van der Waals surface area (Å²) in [4.78, 5) is 9.52. The second kappa shape index (κ2) is 9.10. The highest BCUT2D eigenvalue weighted by Gasteiger charge is 2.18. The fourth-order valence-corrected chi connectivity index (χ4v) is 4.12. The van der Waals surface area contributed by atoms with Crippen molar-refractivity contribution in [2.45, 2.75) is 13.1 Å². The van der Waals surface area contributed by atoms with E-state index in [0.717, 1.165) is 67.8 Å². The Morgan fingerprint density at radius 2 is 1.61 bits per heavy atom. The lowest BCUT2D eigenvalue weighted by atomic mass is 10.2. The number of nitrogens with zero attached hydrogens (tertiary/aromatic N) is 4. The standard InChI is InChI=1S/C22H24Cl2N4/c23-20-7-6-19(21(24)16-20)17-27-12-10-26(11-13-27)14-15-28-9-8-25-22(28)18-4-2-1-3-5-18/h1-9,16H,10-15,17H2. The van der Waals surface area contributed by atoms with Crippen molar-refractivity contribution in [1.29, 1.82) is 0 Å². The molecule has 0 bridgehead atoms. The van der Waals surface area contributed by atoms with Gasteiger partial charge in [-0.1, -0.05) is 59.6 Å². The predicted molar refractivity (Wildman–Crippen MR) is 116 cm³/mol. The van der Waals surface area contributed by atoms with Crippen LogP contribution in [0.3, 0.4) is 0 Å². The Kier molecular flexibility index (Phi) is 6.33. The van der Waals surface area contributed by atoms with Crippen molar-refractivity contribution in [3.05, 3.63) is 76.5 Å². The van der Waals surface area contributed by atoms with Crippen LogP contribution in [0.15, 0.2) is 60.9 Å². The minimum absolute atomic E-state index is 0.688. The summed E-state index contributed by atoms with van der Waals surface area (Å²) < 4.78 is 2.25. The average Bonchev–Trinajstić information content (AvgIpc) is 3.19. The summed E-state index contributed by atoms with van der Waals surface area (Å²) in [5, 5.41) is 1.44. The van der Waals surface area contributed by atoms with E-state index in [-0.39, 0.29) is 0 Å². The van der Waals surface area contributed by atoms with E-state index >= 15 is 0 Å². The highest BCUT2D eigenvalue weighted by atomic mass is 35.5. The van der Waals surface area contributed by atoms with Gasteiger partial charge in [0.05, 0.1) is 0 Å². The van der Waals surface area contributed by atoms with E-state index in [2.05, 4.69) is 49.8 Å². The first kappa shape index (κ1) is 19.5. The number of hydrogen-bond acceptors (Lipinski definition) is 3. The first-order valence-electron chi connectivity index (χ1n) is 9.64. The zero-order valence-electron chi connectivity index (χ0n) is 15.8. The van der Waals surface area contributed by atoms with E-state index in [1.807, 2.05) is 30.5 Å². The third-order valence-corrected chi connectivity index (χ3v) is 5.87. The van der Waals surface area contributed by atoms with Gasteiger partial charge in [-0.3, -0.25) is 9.80 Å². The van der Waals surface area contributed by atoms with Gasteiger partial charge in [-0.05, 0) is 17.7 Å². The summed E-state index contributed by atoms with van der Waals surface area (Å²) in [6.45, 7) is 7.10. The third-order valence-electron chi connectivity index (χ3n) is 5.28. The molecule has 0 saturated carbocycles. The molecule has 1 saturated heterocycles. The zero-order chi connectivity index (χ0) is 19.3. The molecule has 3 aromatic rings. The van der Waals surface area contributed by atoms with E-state index in [1.54, 1.807) is 0 Å². The van der Waals surface area contributed by atoms with Crippen LogP contribution in [0.1, 0.15) is 5.56 Å². The molecule has 0 amide bonds. The molecule has 1 aromatic heterocycles. The number of aromatic nitrogens is 2. The van der Waals surface area contributed by atoms with Crippen molar-refractivity contribution >= 4 is 23.2 Å². The quantitative estimate of drug-likeness (QED) is 0.585. The topological polar surface area (TPSA) is 24.3 Å². The van der Waals surface area contributed by atoms with E-state index < -0.39 is 0 Å². The van der Waals surface area contributed by atoms with Crippen molar-refractivity contribution in [3.63, 3.8) is 0 Å². The van der Waals surface area contributed by atoms with E-state index in [0.29, 0.717) is 5.02 Å². The van der Waals surface area contributed by atoms with Gasteiger partial charge in [-0.2, -0.15) is 0 Å². The zero-order valence-corrected chi connectivity index (χ0v) is 17.3. The van der Waals surface area contributed by atoms with Crippen molar-refractivity contribution in [3.8, 4) is 11.4 Å². The Balaban J connectivity index is 1.28. The van der Waals surface area contributed by atoms with Gasteiger partial charge in [-0.25, -0.2) is 4.98 Å². The number of rotatable bonds is 6. The minimum Gasteiger partial charge on any atom is -0.330 e. The Hall–Kier alpha value is -1.85. The Bertz CT molecular complexity index is 902. The molecule has 0 radical (unpaired) electrons. The van der Waals surface area contributed by atoms with Crippen LogP contribution < -0.4 is 0 Å². The minimum atomic E-state index is 0.688. The summed E-state index contributed by atoms with van der Waals surface area (Å²) >= 11 is 12.3. The molecule has 0 atom stereocenters. The Labute approximate surface area is 176 Å². The van der Waals surface area contributed by atoms with Crippen molar-refractivity contribution in [1.82, 2.24) is 19.4 Å². The van der Waals surface area contributed by atoms with Crippen LogP contribution in [0.4, 0.5) is 0 Å². The first-order chi connectivity index (χ1) is 13.7. The lowest BCUT2D eigenvalue weighted by Gasteiger charge is -2.35. The molecule has 0 aliphatic carbocycles. The van der Waals surface area contributed by atoms with Gasteiger partial charge < -0.3 is 4.57 Å². The molecule has 6 heteroatoms. The van der Waals surface area contributed by atoms with Crippen LogP contribution in [0.2, 0.25) is 10.0 Å². The fraction of sp³-hybridized carbons (Fsp3) is 0.318. The molecule has 28 heavy (non-hydrogen) atoms. The lowest BCUT2D eigenvalue weighted by molar-refractivity contribution is 0.124. The Morgan fingerprint density at radius 3 is 2.36 bits per heavy atom. The number of hydrogen-bond donors (Lipinski definition) is 0. The van der Waals surface area contributed by atoms with Crippen LogP contribution in [-0.4, -0.2) is 52.1 Å². The van der Waals surface area contributed by atoms with Gasteiger partial charge in [0.25, 0.3) is 0 Å². The normalized spacial score (nSPS) is 15.8. The molecule has 1 fully saturated rings. The van der Waals surface area contributed by atoms with Gasteiger partial charge in [0.15, 0.2) is 0 Å². The number of imidazole rings is 1. The lowest BCUT2D eigenvalue weighted by Crippen LogP contribution is -2.46. The maximum atomic E-state index is 6.32. The van der Waals surface area contributed by atoms with Gasteiger partial charge in [0.1, 0.15) is 5.82 Å². The van der Waals surface area contributed by atoms with Gasteiger partial charge >= 0.3 is 0 Å². The summed E-state index contributed by atoms with van der Waals surface area (Å²) in [6.07, 6.45) is 3.96. The molecule has 0 unspecified atom stereocenters. The van der Waals surface area contributed by atoms with E-state index in [9.17, 15) is 0 Å². The van der Waals surface area contributed by atoms with E-state index in [4.69, 9.17) is 23.2 Å². The van der Waals surface area contributed by atoms with Crippen LogP contribution in [0, 0.1) is 0 Å². The summed E-state index contributed by atoms with van der Waals surface area (Å²) in [7, 11) is 0. The molecule has 2 aromatic carbocycles. The molecule has 4 nitrogen and oxygen atoms in total. The van der Waals surface area contributed by atoms with Crippen molar-refractivity contribution < 1.29 is 0 Å². The van der Waals surface area contributed by atoms with Crippen LogP contribution >= 0.6 is 23.2 Å². The summed E-state index contributed by atoms with van der Waals surface area (Å²) in [5.74, 6) is 1.04. The second-order valence-corrected chi connectivity index (χ2v) is 8.01. The largest absolute Gasteiger partial charge is 0.330 e. The molecule has 0 spiro atoms. The first-order valence-corrected chi connectivity index (χ1v) is 10.4. The van der Waals surface area contributed by atoms with Gasteiger partial charge in [-0.15, -0.1) is 0 Å². The molecule has 0 N–H and O–H groups in total. The van der Waals surface area contributed by atoms with Gasteiger partial charge in [0.2, 0.25) is 0 Å². The highest BCUT2D eigenvalue weighted by Crippen LogP contribution is 2.23. The van der Waals surface area contributed by atoms with Crippen LogP contribution in [0.5, 0.6) is 0 Å². The molecular formula is C22H24Cl2N4. The molecule has 1 aliphatic rings. The number of benzene rings is 2. The monoisotopic (exact) mass is 414 g/mol. The highest BCUT2D eigenvalue weighted by molar-refractivity contribution is 6.35. The molecular weight excluding hydrogens is 391 g/mol. The van der Waals surface area contributed by atoms with E-state index in [1.165, 1.54) is 0 Å². The summed E-state index contributed by atoms with van der Waals surface area (Å²) in [6, 6.07) is 16.1. The SMILES string of the molecule is Clc1ccc(CN2CCN(CCn3ccnc3-c3ccccc3)CC2)c(Cl)c1. The molecule has 146 valence electrons. The molecule has 1 aliphatic heterocycles. The smallest absolute Gasteiger partial charge is 0.139 e. The predicted octanol–water partition coefficient (Wildman–Crippen LogP) is 4.67. The fourth-order valence-electron chi connectivity index (χ4n) is 3.65. The average molecular weight is 415 g/mol. The van der Waals surface area contributed by atoms with Crippen LogP contribution in [-0.2, 0) is 13.1 Å². The maximum absolute atomic E-state index is 6.32. The maximum Gasteiger partial charge on any atom is 0.139 e.